The Morgan fingerprint density at radius 2 is 1.76 bits per heavy atom. The van der Waals surface area contributed by atoms with E-state index in [0.29, 0.717) is 41.0 Å². The lowest BCUT2D eigenvalue weighted by Crippen LogP contribution is -2.58. The molecule has 0 aromatic heterocycles. The van der Waals surface area contributed by atoms with Crippen LogP contribution in [0.2, 0.25) is 5.02 Å². The minimum Gasteiger partial charge on any atom is -0.497 e. The molecule has 0 N–H and O–H groups in total. The molecule has 29 heavy (non-hydrogen) atoms. The number of nitrogens with zero attached hydrogens (tertiary/aromatic N) is 2. The predicted octanol–water partition coefficient (Wildman–Crippen LogP) is 3.00. The van der Waals surface area contributed by atoms with Gasteiger partial charge in [-0.25, -0.2) is 0 Å². The van der Waals surface area contributed by atoms with Crippen LogP contribution in [-0.2, 0) is 9.59 Å². The van der Waals surface area contributed by atoms with Crippen molar-refractivity contribution in [2.24, 2.45) is 0 Å². The molecule has 0 bridgehead atoms. The van der Waals surface area contributed by atoms with Crippen LogP contribution < -0.4 is 19.1 Å². The van der Waals surface area contributed by atoms with Crippen molar-refractivity contribution in [3.05, 3.63) is 47.5 Å². The summed E-state index contributed by atoms with van der Waals surface area (Å²) in [7, 11) is 3.11. The molecule has 0 aliphatic carbocycles. The van der Waals surface area contributed by atoms with Crippen molar-refractivity contribution in [2.45, 2.75) is 13.0 Å². The summed E-state index contributed by atoms with van der Waals surface area (Å²) in [5.41, 5.74) is 0.619. The van der Waals surface area contributed by atoms with Crippen LogP contribution in [-0.4, -0.2) is 56.7 Å². The zero-order valence-corrected chi connectivity index (χ0v) is 17.3. The van der Waals surface area contributed by atoms with Crippen LogP contribution in [0.15, 0.2) is 42.5 Å². The Kier molecular flexibility index (Phi) is 6.49. The van der Waals surface area contributed by atoms with E-state index < -0.39 is 6.04 Å². The fraction of sp³-hybridized carbons (Fsp3) is 0.333. The predicted molar refractivity (Wildman–Crippen MR) is 110 cm³/mol. The fourth-order valence-electron chi connectivity index (χ4n) is 3.22. The number of anilines is 1. The lowest BCUT2D eigenvalue weighted by atomic mass is 10.1. The van der Waals surface area contributed by atoms with Crippen LogP contribution in [0.25, 0.3) is 0 Å². The van der Waals surface area contributed by atoms with E-state index in [9.17, 15) is 9.59 Å². The molecule has 2 aromatic carbocycles. The first-order valence-corrected chi connectivity index (χ1v) is 9.53. The largest absolute Gasteiger partial charge is 0.497 e. The number of carbonyl (C=O) groups excluding carboxylic acids is 2. The summed E-state index contributed by atoms with van der Waals surface area (Å²) < 4.78 is 16.2. The number of amides is 2. The lowest BCUT2D eigenvalue weighted by Gasteiger charge is -2.39. The van der Waals surface area contributed by atoms with E-state index in [-0.39, 0.29) is 18.4 Å². The van der Waals surface area contributed by atoms with E-state index in [1.165, 1.54) is 4.90 Å². The fourth-order valence-corrected chi connectivity index (χ4v) is 3.34. The molecule has 3 rings (SSSR count). The van der Waals surface area contributed by atoms with E-state index in [2.05, 4.69) is 0 Å². The molecule has 7 nitrogen and oxygen atoms in total. The third-order valence-corrected chi connectivity index (χ3v) is 5.08. The highest BCUT2D eigenvalue weighted by molar-refractivity contribution is 6.30. The molecule has 154 valence electrons. The number of methoxy groups -OCH3 is 2. The molecule has 1 saturated heterocycles. The monoisotopic (exact) mass is 418 g/mol. The topological polar surface area (TPSA) is 68.3 Å². The SMILES string of the molecule is COc1ccc(OC)c(N2CCN(C(=O)COc3ccc(Cl)cc3)[C@@H](C)C2=O)c1. The second-order valence-electron chi connectivity index (χ2n) is 6.53. The molecule has 0 spiro atoms. The highest BCUT2D eigenvalue weighted by Crippen LogP contribution is 2.34. The molecule has 1 atom stereocenters. The Labute approximate surface area is 174 Å². The number of piperazine rings is 1. The van der Waals surface area contributed by atoms with Gasteiger partial charge in [0.1, 0.15) is 23.3 Å². The van der Waals surface area contributed by atoms with Gasteiger partial charge >= 0.3 is 0 Å². The van der Waals surface area contributed by atoms with Gasteiger partial charge in [-0.3, -0.25) is 9.59 Å². The van der Waals surface area contributed by atoms with Crippen LogP contribution in [0.1, 0.15) is 6.92 Å². The van der Waals surface area contributed by atoms with Gasteiger partial charge < -0.3 is 24.0 Å². The number of hydrogen-bond acceptors (Lipinski definition) is 5. The van der Waals surface area contributed by atoms with Gasteiger partial charge in [-0.1, -0.05) is 11.6 Å². The molecule has 2 aromatic rings. The molecule has 2 amide bonds. The molecule has 1 fully saturated rings. The van der Waals surface area contributed by atoms with Crippen LogP contribution in [0.5, 0.6) is 17.2 Å². The molecular formula is C21H23ClN2O5. The van der Waals surface area contributed by atoms with Crippen LogP contribution in [0.3, 0.4) is 0 Å². The zero-order valence-electron chi connectivity index (χ0n) is 16.6. The number of hydrogen-bond donors (Lipinski definition) is 0. The second-order valence-corrected chi connectivity index (χ2v) is 6.97. The zero-order chi connectivity index (χ0) is 21.0. The van der Waals surface area contributed by atoms with Crippen molar-refractivity contribution < 1.29 is 23.8 Å². The minimum absolute atomic E-state index is 0.151. The first-order valence-electron chi connectivity index (χ1n) is 9.16. The minimum atomic E-state index is -0.624. The van der Waals surface area contributed by atoms with Crippen molar-refractivity contribution in [1.82, 2.24) is 4.90 Å². The lowest BCUT2D eigenvalue weighted by molar-refractivity contribution is -0.142. The quantitative estimate of drug-likeness (QED) is 0.721. The van der Waals surface area contributed by atoms with Gasteiger partial charge in [-0.05, 0) is 43.3 Å². The average molecular weight is 419 g/mol. The van der Waals surface area contributed by atoms with Gasteiger partial charge in [0.25, 0.3) is 5.91 Å². The van der Waals surface area contributed by atoms with Crippen molar-refractivity contribution in [2.75, 3.05) is 38.8 Å². The summed E-state index contributed by atoms with van der Waals surface area (Å²) in [6.45, 7) is 2.29. The van der Waals surface area contributed by atoms with E-state index in [0.717, 1.165) is 0 Å². The van der Waals surface area contributed by atoms with Crippen molar-refractivity contribution in [1.29, 1.82) is 0 Å². The average Bonchev–Trinajstić information content (AvgIpc) is 2.74. The summed E-state index contributed by atoms with van der Waals surface area (Å²) in [5.74, 6) is 1.29. The number of ether oxygens (including phenoxy) is 3. The smallest absolute Gasteiger partial charge is 0.261 e. The van der Waals surface area contributed by atoms with Crippen molar-refractivity contribution >= 4 is 29.1 Å². The maximum atomic E-state index is 13.0. The van der Waals surface area contributed by atoms with E-state index in [1.54, 1.807) is 68.5 Å². The highest BCUT2D eigenvalue weighted by Gasteiger charge is 2.36. The van der Waals surface area contributed by atoms with Gasteiger partial charge in [0, 0.05) is 24.2 Å². The molecular weight excluding hydrogens is 396 g/mol. The van der Waals surface area contributed by atoms with Gasteiger partial charge in [0.05, 0.1) is 19.9 Å². The third kappa shape index (κ3) is 4.56. The summed E-state index contributed by atoms with van der Waals surface area (Å²) in [6.07, 6.45) is 0. The molecule has 1 aliphatic rings. The number of benzene rings is 2. The van der Waals surface area contributed by atoms with Gasteiger partial charge in [0.2, 0.25) is 5.91 Å². The standard InChI is InChI=1S/C21H23ClN2O5/c1-14-21(26)24(18-12-17(27-2)8-9-19(18)28-3)11-10-23(14)20(25)13-29-16-6-4-15(22)5-7-16/h4-9,12,14H,10-11,13H2,1-3H3/t14-/m0/s1. The summed E-state index contributed by atoms with van der Waals surface area (Å²) in [4.78, 5) is 28.8. The summed E-state index contributed by atoms with van der Waals surface area (Å²) in [6, 6.07) is 11.4. The van der Waals surface area contributed by atoms with Gasteiger partial charge in [0.15, 0.2) is 6.61 Å². The molecule has 0 radical (unpaired) electrons. The summed E-state index contributed by atoms with van der Waals surface area (Å²) in [5, 5.41) is 0.590. The third-order valence-electron chi connectivity index (χ3n) is 4.83. The normalized spacial score (nSPS) is 16.6. The van der Waals surface area contributed by atoms with Crippen molar-refractivity contribution in [3.8, 4) is 17.2 Å². The van der Waals surface area contributed by atoms with E-state index >= 15 is 0 Å². The Morgan fingerprint density at radius 3 is 2.41 bits per heavy atom. The maximum absolute atomic E-state index is 13.0. The molecule has 8 heteroatoms. The Balaban J connectivity index is 1.69. The highest BCUT2D eigenvalue weighted by atomic mass is 35.5. The van der Waals surface area contributed by atoms with Crippen LogP contribution in [0, 0.1) is 0 Å². The number of carbonyl (C=O) groups is 2. The van der Waals surface area contributed by atoms with Gasteiger partial charge in [-0.2, -0.15) is 0 Å². The number of halogens is 1. The van der Waals surface area contributed by atoms with Crippen molar-refractivity contribution in [3.63, 3.8) is 0 Å². The Morgan fingerprint density at radius 1 is 1.07 bits per heavy atom. The first-order chi connectivity index (χ1) is 13.9. The van der Waals surface area contributed by atoms with Gasteiger partial charge in [-0.15, -0.1) is 0 Å². The second kappa shape index (κ2) is 9.05. The molecule has 1 heterocycles. The molecule has 0 unspecified atom stereocenters. The van der Waals surface area contributed by atoms with Crippen LogP contribution in [0.4, 0.5) is 5.69 Å². The maximum Gasteiger partial charge on any atom is 0.261 e. The van der Waals surface area contributed by atoms with E-state index in [4.69, 9.17) is 25.8 Å². The Bertz CT molecular complexity index is 887. The van der Waals surface area contributed by atoms with Crippen LogP contribution >= 0.6 is 11.6 Å². The molecule has 0 saturated carbocycles. The Hall–Kier alpha value is -2.93. The van der Waals surface area contributed by atoms with E-state index in [1.807, 2.05) is 0 Å². The first kappa shape index (κ1) is 20.8. The number of rotatable bonds is 6. The molecule has 1 aliphatic heterocycles. The summed E-state index contributed by atoms with van der Waals surface area (Å²) >= 11 is 5.85.